The molecule has 96 valence electrons. The molecule has 20 heavy (non-hydrogen) atoms. The highest BCUT2D eigenvalue weighted by atomic mass is 15.0. The molecule has 2 aromatic heterocycles. The molecular weight excluding hydrogens is 244 g/mol. The third-order valence-electron chi connectivity index (χ3n) is 3.81. The molecular formula is C18H14N2. The Morgan fingerprint density at radius 3 is 2.55 bits per heavy atom. The van der Waals surface area contributed by atoms with Crippen LogP contribution in [-0.2, 0) is 0 Å². The average Bonchev–Trinajstić information content (AvgIpc) is 2.84. The molecule has 2 aromatic carbocycles. The topological polar surface area (TPSA) is 17.8 Å². The molecule has 2 heterocycles. The van der Waals surface area contributed by atoms with Crippen LogP contribution in [0.4, 0.5) is 0 Å². The van der Waals surface area contributed by atoms with Gasteiger partial charge in [-0.15, -0.1) is 0 Å². The Morgan fingerprint density at radius 2 is 1.70 bits per heavy atom. The summed E-state index contributed by atoms with van der Waals surface area (Å²) in [6.45, 7) is 2.16. The number of para-hydroxylation sites is 1. The summed E-state index contributed by atoms with van der Waals surface area (Å²) in [4.78, 5) is 4.30. The lowest BCUT2D eigenvalue weighted by Gasteiger charge is -2.07. The highest BCUT2D eigenvalue weighted by Gasteiger charge is 2.12. The minimum atomic E-state index is 1.18. The van der Waals surface area contributed by atoms with E-state index in [1.165, 1.54) is 33.1 Å². The maximum Gasteiger partial charge on any atom is 0.0572 e. The maximum absolute atomic E-state index is 4.30. The third-order valence-corrected chi connectivity index (χ3v) is 3.81. The van der Waals surface area contributed by atoms with Gasteiger partial charge in [0.15, 0.2) is 0 Å². The first-order valence-electron chi connectivity index (χ1n) is 6.75. The molecule has 0 saturated carbocycles. The summed E-state index contributed by atoms with van der Waals surface area (Å²) in [5.41, 5.74) is 4.91. The fourth-order valence-electron chi connectivity index (χ4n) is 2.95. The van der Waals surface area contributed by atoms with Crippen LogP contribution in [0.2, 0.25) is 0 Å². The molecule has 0 spiro atoms. The smallest absolute Gasteiger partial charge is 0.0572 e. The van der Waals surface area contributed by atoms with Gasteiger partial charge in [-0.05, 0) is 36.8 Å². The third kappa shape index (κ3) is 1.48. The Morgan fingerprint density at radius 1 is 0.850 bits per heavy atom. The van der Waals surface area contributed by atoms with Gasteiger partial charge in [-0.25, -0.2) is 0 Å². The van der Waals surface area contributed by atoms with Gasteiger partial charge < -0.3 is 4.57 Å². The van der Waals surface area contributed by atoms with Crippen LogP contribution in [0.1, 0.15) is 5.56 Å². The first kappa shape index (κ1) is 11.2. The van der Waals surface area contributed by atoms with Crippen molar-refractivity contribution in [3.8, 4) is 5.69 Å². The zero-order valence-corrected chi connectivity index (χ0v) is 11.2. The van der Waals surface area contributed by atoms with E-state index >= 15 is 0 Å². The van der Waals surface area contributed by atoms with Crippen LogP contribution in [0, 0.1) is 6.92 Å². The van der Waals surface area contributed by atoms with Crippen LogP contribution in [0.25, 0.3) is 27.5 Å². The van der Waals surface area contributed by atoms with Crippen LogP contribution >= 0.6 is 0 Å². The summed E-state index contributed by atoms with van der Waals surface area (Å²) in [5.74, 6) is 0. The van der Waals surface area contributed by atoms with Gasteiger partial charge >= 0.3 is 0 Å². The Labute approximate surface area is 117 Å². The van der Waals surface area contributed by atoms with Crippen LogP contribution in [0.15, 0.2) is 67.0 Å². The van der Waals surface area contributed by atoms with Crippen molar-refractivity contribution in [1.29, 1.82) is 0 Å². The molecule has 0 N–H and O–H groups in total. The minimum absolute atomic E-state index is 1.18. The number of hydrogen-bond acceptors (Lipinski definition) is 1. The Balaban J connectivity index is 2.26. The highest BCUT2D eigenvalue weighted by Crippen LogP contribution is 2.33. The summed E-state index contributed by atoms with van der Waals surface area (Å²) in [7, 11) is 0. The van der Waals surface area contributed by atoms with Gasteiger partial charge in [0.05, 0.1) is 11.0 Å². The van der Waals surface area contributed by atoms with Gasteiger partial charge in [0, 0.05) is 28.9 Å². The van der Waals surface area contributed by atoms with E-state index in [4.69, 9.17) is 0 Å². The molecule has 0 bridgehead atoms. The van der Waals surface area contributed by atoms with E-state index in [1.54, 1.807) is 0 Å². The first-order valence-corrected chi connectivity index (χ1v) is 6.75. The van der Waals surface area contributed by atoms with Crippen molar-refractivity contribution < 1.29 is 0 Å². The second-order valence-electron chi connectivity index (χ2n) is 5.03. The summed E-state index contributed by atoms with van der Waals surface area (Å²) < 4.78 is 2.30. The average molecular weight is 258 g/mol. The number of rotatable bonds is 1. The van der Waals surface area contributed by atoms with Crippen LogP contribution in [0.5, 0.6) is 0 Å². The van der Waals surface area contributed by atoms with E-state index in [2.05, 4.69) is 65.0 Å². The summed E-state index contributed by atoms with van der Waals surface area (Å²) in [5, 5.41) is 2.50. The van der Waals surface area contributed by atoms with Gasteiger partial charge in [0.2, 0.25) is 0 Å². The van der Waals surface area contributed by atoms with Gasteiger partial charge in [-0.3, -0.25) is 4.98 Å². The van der Waals surface area contributed by atoms with Crippen LogP contribution < -0.4 is 0 Å². The molecule has 0 aliphatic heterocycles. The van der Waals surface area contributed by atoms with Gasteiger partial charge in [0.1, 0.15) is 0 Å². The largest absolute Gasteiger partial charge is 0.309 e. The molecule has 2 nitrogen and oxygen atoms in total. The molecule has 0 unspecified atom stereocenters. The molecule has 0 radical (unpaired) electrons. The van der Waals surface area contributed by atoms with Crippen LogP contribution in [0.3, 0.4) is 0 Å². The van der Waals surface area contributed by atoms with Crippen molar-refractivity contribution in [2.24, 2.45) is 0 Å². The predicted molar refractivity (Wildman–Crippen MR) is 83.3 cm³/mol. The molecule has 0 atom stereocenters. The van der Waals surface area contributed by atoms with Gasteiger partial charge in [-0.1, -0.05) is 30.3 Å². The first-order chi connectivity index (χ1) is 9.86. The second kappa shape index (κ2) is 4.20. The number of nitrogens with zero attached hydrogens (tertiary/aromatic N) is 2. The van der Waals surface area contributed by atoms with E-state index in [0.717, 1.165) is 0 Å². The highest BCUT2D eigenvalue weighted by molar-refractivity contribution is 6.10. The van der Waals surface area contributed by atoms with E-state index in [-0.39, 0.29) is 0 Å². The fourth-order valence-corrected chi connectivity index (χ4v) is 2.95. The SMILES string of the molecule is Cc1cccc2c1c1cnccc1n2-c1ccccc1. The van der Waals surface area contributed by atoms with Crippen LogP contribution in [-0.4, -0.2) is 9.55 Å². The van der Waals surface area contributed by atoms with Crippen molar-refractivity contribution in [3.63, 3.8) is 0 Å². The van der Waals surface area contributed by atoms with Crippen molar-refractivity contribution in [2.45, 2.75) is 6.92 Å². The monoisotopic (exact) mass is 258 g/mol. The summed E-state index contributed by atoms with van der Waals surface area (Å²) in [6, 6.07) is 19.0. The Bertz CT molecular complexity index is 905. The molecule has 0 aliphatic carbocycles. The Kier molecular flexibility index (Phi) is 2.36. The number of aromatic nitrogens is 2. The number of benzene rings is 2. The molecule has 0 aliphatic rings. The standard InChI is InChI=1S/C18H14N2/c1-13-6-5-9-17-18(13)15-12-19-11-10-16(15)20(17)14-7-3-2-4-8-14/h2-12H,1H3. The molecule has 4 aromatic rings. The van der Waals surface area contributed by atoms with Crippen molar-refractivity contribution >= 4 is 21.8 Å². The minimum Gasteiger partial charge on any atom is -0.309 e. The lowest BCUT2D eigenvalue weighted by Crippen LogP contribution is -1.92. The molecule has 4 rings (SSSR count). The molecule has 0 saturated heterocycles. The van der Waals surface area contributed by atoms with Crippen molar-refractivity contribution in [3.05, 3.63) is 72.6 Å². The zero-order chi connectivity index (χ0) is 13.5. The van der Waals surface area contributed by atoms with Crippen molar-refractivity contribution in [1.82, 2.24) is 9.55 Å². The van der Waals surface area contributed by atoms with E-state index in [9.17, 15) is 0 Å². The van der Waals surface area contributed by atoms with Crippen molar-refractivity contribution in [2.75, 3.05) is 0 Å². The van der Waals surface area contributed by atoms with Gasteiger partial charge in [0.25, 0.3) is 0 Å². The summed E-state index contributed by atoms with van der Waals surface area (Å²) in [6.07, 6.45) is 3.82. The summed E-state index contributed by atoms with van der Waals surface area (Å²) >= 11 is 0. The second-order valence-corrected chi connectivity index (χ2v) is 5.03. The normalized spacial score (nSPS) is 11.2. The maximum atomic E-state index is 4.30. The van der Waals surface area contributed by atoms with E-state index < -0.39 is 0 Å². The fraction of sp³-hybridized carbons (Fsp3) is 0.0556. The number of hydrogen-bond donors (Lipinski definition) is 0. The quantitative estimate of drug-likeness (QED) is 0.492. The Hall–Kier alpha value is -2.61. The van der Waals surface area contributed by atoms with E-state index in [0.29, 0.717) is 0 Å². The number of pyridine rings is 1. The number of aryl methyl sites for hydroxylation is 1. The molecule has 0 fully saturated rings. The van der Waals surface area contributed by atoms with Gasteiger partial charge in [-0.2, -0.15) is 0 Å². The molecule has 0 amide bonds. The lowest BCUT2D eigenvalue weighted by molar-refractivity contribution is 1.17. The predicted octanol–water partition coefficient (Wildman–Crippen LogP) is 4.49. The zero-order valence-electron chi connectivity index (χ0n) is 11.2. The molecule has 2 heteroatoms. The van der Waals surface area contributed by atoms with E-state index in [1.807, 2.05) is 18.5 Å². The lowest BCUT2D eigenvalue weighted by atomic mass is 10.1. The number of fused-ring (bicyclic) bond motifs is 3.